The highest BCUT2D eigenvalue weighted by Crippen LogP contribution is 2.20. The van der Waals surface area contributed by atoms with E-state index in [0.717, 1.165) is 44.9 Å². The number of nitrogens with zero attached hydrogens (tertiary/aromatic N) is 1. The summed E-state index contributed by atoms with van der Waals surface area (Å²) in [6, 6.07) is 0. The van der Waals surface area contributed by atoms with Gasteiger partial charge in [0, 0.05) is 44.6 Å². The minimum atomic E-state index is -0.659. The van der Waals surface area contributed by atoms with Gasteiger partial charge in [-0.1, -0.05) is 44.0 Å². The summed E-state index contributed by atoms with van der Waals surface area (Å²) in [4.78, 5) is 38.3. The van der Waals surface area contributed by atoms with Crippen LogP contribution in [0.15, 0.2) is 0 Å². The number of rotatable bonds is 16. The van der Waals surface area contributed by atoms with Crippen LogP contribution in [0.25, 0.3) is 0 Å². The van der Waals surface area contributed by atoms with Gasteiger partial charge in [-0.05, 0) is 31.1 Å². The standard InChI is InChI=1S/C24H36B3N3O5/c1-3-5-11-18(33)30(14-9-7-6-8-13-28-16(31)10-4-2)15-12-17(32)29-22-19(25)20(26)23(34)24(35)21(22)27/h34-35H,3-15H2,1-2H3,(H,28,31)(H,29,32). The summed E-state index contributed by atoms with van der Waals surface area (Å²) in [5.74, 6) is -1.68. The van der Waals surface area contributed by atoms with Crippen molar-refractivity contribution in [3.05, 3.63) is 0 Å². The third-order valence-corrected chi connectivity index (χ3v) is 5.69. The van der Waals surface area contributed by atoms with E-state index in [2.05, 4.69) is 10.6 Å². The molecule has 0 unspecified atom stereocenters. The van der Waals surface area contributed by atoms with Gasteiger partial charge in [0.25, 0.3) is 0 Å². The minimum Gasteiger partial charge on any atom is -0.505 e. The SMILES string of the molecule is [B]c1c([B])c(NC(=O)CCN(CCCCCCNC(=O)CCC)C(=O)CCCC)c([B])c(O)c1O. The van der Waals surface area contributed by atoms with Crippen LogP contribution in [0.2, 0.25) is 0 Å². The monoisotopic (exact) mass is 479 g/mol. The fraction of sp³-hybridized carbons (Fsp3) is 0.625. The van der Waals surface area contributed by atoms with Crippen LogP contribution in [-0.2, 0) is 14.4 Å². The highest BCUT2D eigenvalue weighted by Gasteiger charge is 2.18. The Kier molecular flexibility index (Phi) is 14.1. The number of amides is 3. The molecule has 4 N–H and O–H groups in total. The molecule has 0 aliphatic rings. The Morgan fingerprint density at radius 2 is 1.40 bits per heavy atom. The van der Waals surface area contributed by atoms with Crippen LogP contribution in [0.3, 0.4) is 0 Å². The Morgan fingerprint density at radius 1 is 0.743 bits per heavy atom. The molecule has 1 aromatic rings. The first-order valence-electron chi connectivity index (χ1n) is 12.4. The van der Waals surface area contributed by atoms with Gasteiger partial charge in [-0.25, -0.2) is 0 Å². The lowest BCUT2D eigenvalue weighted by Crippen LogP contribution is -2.38. The second kappa shape index (κ2) is 16.2. The molecular weight excluding hydrogens is 443 g/mol. The number of carbonyl (C=O) groups is 3. The van der Waals surface area contributed by atoms with E-state index >= 15 is 0 Å². The molecule has 0 saturated carbocycles. The fourth-order valence-electron chi connectivity index (χ4n) is 3.53. The van der Waals surface area contributed by atoms with Gasteiger partial charge in [-0.3, -0.25) is 14.4 Å². The fourth-order valence-corrected chi connectivity index (χ4v) is 3.53. The quantitative estimate of drug-likeness (QED) is 0.118. The van der Waals surface area contributed by atoms with Crippen molar-refractivity contribution in [2.45, 2.75) is 78.1 Å². The maximum atomic E-state index is 12.6. The van der Waals surface area contributed by atoms with E-state index < -0.39 is 17.4 Å². The van der Waals surface area contributed by atoms with Crippen LogP contribution in [0.1, 0.15) is 78.1 Å². The first-order valence-corrected chi connectivity index (χ1v) is 12.4. The lowest BCUT2D eigenvalue weighted by Gasteiger charge is -2.23. The second-order valence-corrected chi connectivity index (χ2v) is 8.61. The molecule has 11 heteroatoms. The first kappa shape index (κ1) is 30.5. The summed E-state index contributed by atoms with van der Waals surface area (Å²) in [6.07, 6.45) is 7.00. The van der Waals surface area contributed by atoms with Crippen molar-refractivity contribution in [1.82, 2.24) is 10.2 Å². The van der Waals surface area contributed by atoms with E-state index in [1.165, 1.54) is 0 Å². The van der Waals surface area contributed by atoms with E-state index in [9.17, 15) is 24.6 Å². The largest absolute Gasteiger partial charge is 0.505 e. The molecule has 8 nitrogen and oxygen atoms in total. The van der Waals surface area contributed by atoms with Gasteiger partial charge in [0.15, 0.2) is 5.75 Å². The smallest absolute Gasteiger partial charge is 0.226 e. The van der Waals surface area contributed by atoms with Gasteiger partial charge < -0.3 is 25.7 Å². The van der Waals surface area contributed by atoms with E-state index in [0.29, 0.717) is 25.9 Å². The van der Waals surface area contributed by atoms with Gasteiger partial charge in [-0.15, -0.1) is 0 Å². The summed E-state index contributed by atoms with van der Waals surface area (Å²) in [5, 5.41) is 25.0. The number of aromatic hydroxyl groups is 2. The highest BCUT2D eigenvalue weighted by molar-refractivity contribution is 6.56. The van der Waals surface area contributed by atoms with Crippen LogP contribution in [0.5, 0.6) is 11.5 Å². The predicted octanol–water partition coefficient (Wildman–Crippen LogP) is 0.303. The molecule has 0 spiro atoms. The van der Waals surface area contributed by atoms with E-state index in [1.54, 1.807) is 4.90 Å². The molecular formula is C24H36B3N3O5. The Labute approximate surface area is 212 Å². The molecule has 0 heterocycles. The van der Waals surface area contributed by atoms with Crippen LogP contribution in [0.4, 0.5) is 5.69 Å². The number of hydrogen-bond donors (Lipinski definition) is 4. The molecule has 0 saturated heterocycles. The Bertz CT molecular complexity index is 838. The molecule has 1 rings (SSSR count). The van der Waals surface area contributed by atoms with E-state index in [-0.39, 0.29) is 46.9 Å². The van der Waals surface area contributed by atoms with Gasteiger partial charge in [0.2, 0.25) is 17.7 Å². The van der Waals surface area contributed by atoms with Gasteiger partial charge in [0.05, 0.1) is 0 Å². The molecule has 0 aliphatic heterocycles. The molecule has 0 aliphatic carbocycles. The van der Waals surface area contributed by atoms with Crippen LogP contribution in [-0.4, -0.2) is 76.0 Å². The average Bonchev–Trinajstić information content (AvgIpc) is 2.84. The maximum absolute atomic E-state index is 12.6. The second-order valence-electron chi connectivity index (χ2n) is 8.61. The lowest BCUT2D eigenvalue weighted by atomic mass is 9.74. The third kappa shape index (κ3) is 10.3. The molecule has 186 valence electrons. The van der Waals surface area contributed by atoms with Crippen molar-refractivity contribution in [3.63, 3.8) is 0 Å². The molecule has 0 bridgehead atoms. The van der Waals surface area contributed by atoms with Crippen molar-refractivity contribution < 1.29 is 24.6 Å². The van der Waals surface area contributed by atoms with Crippen molar-refractivity contribution in [3.8, 4) is 11.5 Å². The molecule has 35 heavy (non-hydrogen) atoms. The zero-order chi connectivity index (χ0) is 26.4. The summed E-state index contributed by atoms with van der Waals surface area (Å²) < 4.78 is 0. The van der Waals surface area contributed by atoms with Crippen LogP contribution in [0, 0.1) is 0 Å². The molecule has 1 aromatic carbocycles. The molecule has 0 atom stereocenters. The number of hydrogen-bond acceptors (Lipinski definition) is 5. The topological polar surface area (TPSA) is 119 Å². The number of unbranched alkanes of at least 4 members (excludes halogenated alkanes) is 4. The van der Waals surface area contributed by atoms with Crippen LogP contribution < -0.4 is 27.0 Å². The predicted molar refractivity (Wildman–Crippen MR) is 142 cm³/mol. The van der Waals surface area contributed by atoms with E-state index in [1.807, 2.05) is 13.8 Å². The van der Waals surface area contributed by atoms with Crippen molar-refractivity contribution in [1.29, 1.82) is 0 Å². The number of nitrogens with one attached hydrogen (secondary N) is 2. The highest BCUT2D eigenvalue weighted by atomic mass is 16.3. The number of anilines is 1. The van der Waals surface area contributed by atoms with Gasteiger partial charge in [-0.2, -0.15) is 0 Å². The average molecular weight is 479 g/mol. The summed E-state index contributed by atoms with van der Waals surface area (Å²) in [7, 11) is 17.2. The number of carbonyl (C=O) groups excluding carboxylic acids is 3. The first-order chi connectivity index (χ1) is 16.6. The minimum absolute atomic E-state index is 0.00173. The molecule has 0 fully saturated rings. The van der Waals surface area contributed by atoms with Crippen molar-refractivity contribution in [2.75, 3.05) is 25.0 Å². The molecule has 6 radical (unpaired) electrons. The summed E-state index contributed by atoms with van der Waals surface area (Å²) >= 11 is 0. The third-order valence-electron chi connectivity index (χ3n) is 5.69. The van der Waals surface area contributed by atoms with Gasteiger partial charge in [0.1, 0.15) is 29.3 Å². The zero-order valence-corrected chi connectivity index (χ0v) is 21.0. The summed E-state index contributed by atoms with van der Waals surface area (Å²) in [6.45, 7) is 5.39. The Balaban J connectivity index is 2.59. The molecule has 3 amide bonds. The van der Waals surface area contributed by atoms with E-state index in [4.69, 9.17) is 23.5 Å². The normalized spacial score (nSPS) is 10.7. The Hall–Kier alpha value is -2.58. The lowest BCUT2D eigenvalue weighted by molar-refractivity contribution is -0.132. The van der Waals surface area contributed by atoms with Crippen LogP contribution >= 0.6 is 0 Å². The Morgan fingerprint density at radius 3 is 2.06 bits per heavy atom. The number of phenolic OH excluding ortho intramolecular Hbond substituents is 2. The zero-order valence-electron chi connectivity index (χ0n) is 21.0. The summed E-state index contributed by atoms with van der Waals surface area (Å²) in [5.41, 5.74) is -0.789. The van der Waals surface area contributed by atoms with Crippen molar-refractivity contribution in [2.24, 2.45) is 0 Å². The number of phenols is 2. The van der Waals surface area contributed by atoms with Gasteiger partial charge >= 0.3 is 0 Å². The number of benzene rings is 1. The molecule has 0 aromatic heterocycles. The van der Waals surface area contributed by atoms with Crippen molar-refractivity contribution >= 4 is 63.3 Å². The maximum Gasteiger partial charge on any atom is 0.226 e.